The SMILES string of the molecule is Cc1csc(SCc2c(C(=O)Nc3ccnc4ccnn34)oc3ccccc23)n1. The van der Waals surface area contributed by atoms with Crippen molar-refractivity contribution in [1.29, 1.82) is 0 Å². The normalized spacial score (nSPS) is 11.3. The molecule has 4 heterocycles. The molecular formula is C20H15N5O2S2. The second-order valence-electron chi connectivity index (χ2n) is 6.33. The molecule has 4 aromatic heterocycles. The summed E-state index contributed by atoms with van der Waals surface area (Å²) in [7, 11) is 0. The largest absolute Gasteiger partial charge is 0.451 e. The Morgan fingerprint density at radius 2 is 2.14 bits per heavy atom. The molecule has 1 amide bonds. The van der Waals surface area contributed by atoms with E-state index in [1.807, 2.05) is 36.6 Å². The summed E-state index contributed by atoms with van der Waals surface area (Å²) in [5.74, 6) is 1.08. The first kappa shape index (κ1) is 17.9. The van der Waals surface area contributed by atoms with Gasteiger partial charge < -0.3 is 9.73 Å². The van der Waals surface area contributed by atoms with Gasteiger partial charge in [-0.1, -0.05) is 30.0 Å². The van der Waals surface area contributed by atoms with Crippen LogP contribution >= 0.6 is 23.1 Å². The minimum absolute atomic E-state index is 0.295. The number of amides is 1. The number of thiazole rings is 1. The van der Waals surface area contributed by atoms with Crippen molar-refractivity contribution in [3.8, 4) is 0 Å². The van der Waals surface area contributed by atoms with Crippen LogP contribution in [0.25, 0.3) is 16.6 Å². The third-order valence-corrected chi connectivity index (χ3v) is 6.54. The second kappa shape index (κ2) is 7.34. The van der Waals surface area contributed by atoms with Crippen molar-refractivity contribution >= 4 is 51.4 Å². The zero-order valence-corrected chi connectivity index (χ0v) is 17.0. The van der Waals surface area contributed by atoms with E-state index in [-0.39, 0.29) is 5.91 Å². The molecule has 9 heteroatoms. The van der Waals surface area contributed by atoms with Crippen molar-refractivity contribution in [1.82, 2.24) is 19.6 Å². The first-order valence-corrected chi connectivity index (χ1v) is 10.7. The zero-order chi connectivity index (χ0) is 19.8. The van der Waals surface area contributed by atoms with Gasteiger partial charge in [-0.15, -0.1) is 11.3 Å². The Hall–Kier alpha value is -3.17. The van der Waals surface area contributed by atoms with Crippen molar-refractivity contribution in [3.05, 3.63) is 71.2 Å². The molecular weight excluding hydrogens is 406 g/mol. The van der Waals surface area contributed by atoms with Gasteiger partial charge in [-0.2, -0.15) is 9.61 Å². The van der Waals surface area contributed by atoms with Crippen LogP contribution in [-0.4, -0.2) is 25.5 Å². The van der Waals surface area contributed by atoms with Gasteiger partial charge in [-0.25, -0.2) is 9.97 Å². The topological polar surface area (TPSA) is 85.3 Å². The fraction of sp³-hybridized carbons (Fsp3) is 0.100. The summed E-state index contributed by atoms with van der Waals surface area (Å²) in [6, 6.07) is 11.1. The van der Waals surface area contributed by atoms with Crippen molar-refractivity contribution in [2.24, 2.45) is 0 Å². The van der Waals surface area contributed by atoms with Crippen LogP contribution in [0.3, 0.4) is 0 Å². The number of hydrogen-bond donors (Lipinski definition) is 1. The van der Waals surface area contributed by atoms with Gasteiger partial charge in [0.25, 0.3) is 5.91 Å². The van der Waals surface area contributed by atoms with Gasteiger partial charge in [0, 0.05) is 40.0 Å². The quantitative estimate of drug-likeness (QED) is 0.411. The predicted octanol–water partition coefficient (Wildman–Crippen LogP) is 4.79. The Kier molecular flexibility index (Phi) is 4.53. The number of aryl methyl sites for hydroxylation is 1. The van der Waals surface area contributed by atoms with E-state index < -0.39 is 0 Å². The number of fused-ring (bicyclic) bond motifs is 2. The number of para-hydroxylation sites is 1. The number of carbonyl (C=O) groups is 1. The third-order valence-electron chi connectivity index (χ3n) is 4.37. The Labute approximate surface area is 173 Å². The van der Waals surface area contributed by atoms with Gasteiger partial charge >= 0.3 is 0 Å². The summed E-state index contributed by atoms with van der Waals surface area (Å²) in [6.45, 7) is 1.97. The Bertz CT molecular complexity index is 1340. The molecule has 144 valence electrons. The highest BCUT2D eigenvalue weighted by molar-refractivity contribution is 8.00. The number of thioether (sulfide) groups is 1. The molecule has 5 aromatic rings. The molecule has 0 saturated carbocycles. The van der Waals surface area contributed by atoms with E-state index in [4.69, 9.17) is 4.42 Å². The van der Waals surface area contributed by atoms with Gasteiger partial charge in [0.15, 0.2) is 11.4 Å². The fourth-order valence-corrected chi connectivity index (χ4v) is 4.94. The molecule has 0 aliphatic carbocycles. The van der Waals surface area contributed by atoms with Crippen LogP contribution in [0.5, 0.6) is 0 Å². The van der Waals surface area contributed by atoms with Crippen LogP contribution in [0.2, 0.25) is 0 Å². The van der Waals surface area contributed by atoms with E-state index in [9.17, 15) is 4.79 Å². The molecule has 0 fully saturated rings. The van der Waals surface area contributed by atoms with Gasteiger partial charge in [0.2, 0.25) is 0 Å². The lowest BCUT2D eigenvalue weighted by atomic mass is 10.1. The average Bonchev–Trinajstić information content (AvgIpc) is 3.44. The third kappa shape index (κ3) is 3.39. The summed E-state index contributed by atoms with van der Waals surface area (Å²) in [4.78, 5) is 21.8. The molecule has 0 aliphatic rings. The molecule has 0 saturated heterocycles. The first-order chi connectivity index (χ1) is 14.2. The van der Waals surface area contributed by atoms with Crippen LogP contribution in [0, 0.1) is 6.92 Å². The number of furan rings is 1. The standard InChI is InChI=1S/C20H15N5O2S2/c1-12-10-28-20(23-12)29-11-14-13-4-2-3-5-15(13)27-18(14)19(26)24-17-6-8-21-16-7-9-22-25(16)17/h2-10H,11H2,1H3,(H,24,26). The molecule has 0 spiro atoms. The molecule has 0 unspecified atom stereocenters. The summed E-state index contributed by atoms with van der Waals surface area (Å²) >= 11 is 3.19. The molecule has 0 atom stereocenters. The maximum atomic E-state index is 13.1. The van der Waals surface area contributed by atoms with E-state index >= 15 is 0 Å². The predicted molar refractivity (Wildman–Crippen MR) is 114 cm³/mol. The van der Waals surface area contributed by atoms with Crippen LogP contribution in [0.15, 0.2) is 62.9 Å². The van der Waals surface area contributed by atoms with E-state index in [1.54, 1.807) is 52.1 Å². The van der Waals surface area contributed by atoms with Gasteiger partial charge in [-0.3, -0.25) is 4.79 Å². The van der Waals surface area contributed by atoms with Gasteiger partial charge in [0.05, 0.1) is 6.20 Å². The molecule has 1 N–H and O–H groups in total. The van der Waals surface area contributed by atoms with Crippen LogP contribution in [0.4, 0.5) is 5.82 Å². The summed E-state index contributed by atoms with van der Waals surface area (Å²) in [5, 5.41) is 10.0. The minimum Gasteiger partial charge on any atom is -0.451 e. The fourth-order valence-electron chi connectivity index (χ4n) is 3.06. The summed E-state index contributed by atoms with van der Waals surface area (Å²) < 4.78 is 8.47. The minimum atomic E-state index is -0.324. The molecule has 0 radical (unpaired) electrons. The zero-order valence-electron chi connectivity index (χ0n) is 15.3. The maximum Gasteiger partial charge on any atom is 0.292 e. The average molecular weight is 422 g/mol. The van der Waals surface area contributed by atoms with E-state index in [0.29, 0.717) is 28.6 Å². The number of benzene rings is 1. The lowest BCUT2D eigenvalue weighted by Crippen LogP contribution is -2.15. The first-order valence-electron chi connectivity index (χ1n) is 8.84. The summed E-state index contributed by atoms with van der Waals surface area (Å²) in [5.41, 5.74) is 3.18. The van der Waals surface area contributed by atoms with Crippen molar-refractivity contribution in [2.75, 3.05) is 5.32 Å². The van der Waals surface area contributed by atoms with Crippen LogP contribution in [-0.2, 0) is 5.75 Å². The van der Waals surface area contributed by atoms with E-state index in [2.05, 4.69) is 20.4 Å². The van der Waals surface area contributed by atoms with Crippen molar-refractivity contribution in [2.45, 2.75) is 17.0 Å². The molecule has 7 nitrogen and oxygen atoms in total. The number of carbonyl (C=O) groups excluding carboxylic acids is 1. The van der Waals surface area contributed by atoms with Crippen LogP contribution < -0.4 is 5.32 Å². The smallest absolute Gasteiger partial charge is 0.292 e. The summed E-state index contributed by atoms with van der Waals surface area (Å²) in [6.07, 6.45) is 3.27. The molecule has 0 aliphatic heterocycles. The molecule has 5 rings (SSSR count). The van der Waals surface area contributed by atoms with E-state index in [0.717, 1.165) is 21.0 Å². The highest BCUT2D eigenvalue weighted by Gasteiger charge is 2.22. The van der Waals surface area contributed by atoms with Crippen LogP contribution in [0.1, 0.15) is 21.8 Å². The van der Waals surface area contributed by atoms with Crippen molar-refractivity contribution < 1.29 is 9.21 Å². The van der Waals surface area contributed by atoms with Crippen molar-refractivity contribution in [3.63, 3.8) is 0 Å². The lowest BCUT2D eigenvalue weighted by molar-refractivity contribution is 0.0997. The number of nitrogens with one attached hydrogen (secondary N) is 1. The molecule has 1 aromatic carbocycles. The Morgan fingerprint density at radius 1 is 1.24 bits per heavy atom. The highest BCUT2D eigenvalue weighted by atomic mass is 32.2. The number of aromatic nitrogens is 4. The Balaban J connectivity index is 1.49. The monoisotopic (exact) mass is 421 g/mol. The van der Waals surface area contributed by atoms with E-state index in [1.165, 1.54) is 0 Å². The second-order valence-corrected chi connectivity index (χ2v) is 8.42. The van der Waals surface area contributed by atoms with Gasteiger partial charge in [-0.05, 0) is 19.1 Å². The molecule has 29 heavy (non-hydrogen) atoms. The number of anilines is 1. The lowest BCUT2D eigenvalue weighted by Gasteiger charge is -2.06. The number of hydrogen-bond acceptors (Lipinski definition) is 7. The Morgan fingerprint density at radius 3 is 3.00 bits per heavy atom. The number of nitrogens with zero attached hydrogens (tertiary/aromatic N) is 4. The molecule has 0 bridgehead atoms. The highest BCUT2D eigenvalue weighted by Crippen LogP contribution is 2.33. The number of rotatable bonds is 5. The maximum absolute atomic E-state index is 13.1. The van der Waals surface area contributed by atoms with Gasteiger partial charge in [0.1, 0.15) is 15.7 Å².